The molecule has 23 heavy (non-hydrogen) atoms. The van der Waals surface area contributed by atoms with Crippen molar-refractivity contribution in [1.29, 1.82) is 0 Å². The van der Waals surface area contributed by atoms with E-state index < -0.39 is 23.6 Å². The van der Waals surface area contributed by atoms with Gasteiger partial charge >= 0.3 is 0 Å². The van der Waals surface area contributed by atoms with E-state index in [-0.39, 0.29) is 17.7 Å². The zero-order valence-corrected chi connectivity index (χ0v) is 12.8. The first-order valence-corrected chi connectivity index (χ1v) is 7.02. The van der Waals surface area contributed by atoms with E-state index >= 15 is 0 Å². The van der Waals surface area contributed by atoms with E-state index in [4.69, 9.17) is 9.84 Å². The number of amides is 1. The molecule has 0 aliphatic heterocycles. The lowest BCUT2D eigenvalue weighted by Crippen LogP contribution is -2.31. The minimum absolute atomic E-state index is 0.0210. The first kappa shape index (κ1) is 16.9. The Morgan fingerprint density at radius 3 is 2.52 bits per heavy atom. The van der Waals surface area contributed by atoms with Crippen molar-refractivity contribution in [1.82, 2.24) is 5.32 Å². The lowest BCUT2D eigenvalue weighted by molar-refractivity contribution is 0.0920. The van der Waals surface area contributed by atoms with Gasteiger partial charge in [0.1, 0.15) is 17.4 Å². The number of halogens is 2. The first-order valence-electron chi connectivity index (χ1n) is 7.02. The number of rotatable bonds is 5. The van der Waals surface area contributed by atoms with Crippen LogP contribution in [0.15, 0.2) is 36.4 Å². The SMILES string of the molecule is COc1ccc(-c2ccc(C(=O)NCC(C)O)c(F)c2)c(F)c1. The summed E-state index contributed by atoms with van der Waals surface area (Å²) >= 11 is 0. The highest BCUT2D eigenvalue weighted by molar-refractivity contribution is 5.95. The third kappa shape index (κ3) is 4.04. The van der Waals surface area contributed by atoms with Gasteiger partial charge in [-0.05, 0) is 36.8 Å². The monoisotopic (exact) mass is 321 g/mol. The summed E-state index contributed by atoms with van der Waals surface area (Å²) in [6.07, 6.45) is -0.727. The van der Waals surface area contributed by atoms with Gasteiger partial charge in [0, 0.05) is 18.2 Å². The Kier molecular flexibility index (Phi) is 5.28. The summed E-state index contributed by atoms with van der Waals surface area (Å²) in [4.78, 5) is 11.8. The Labute approximate surface area is 132 Å². The largest absolute Gasteiger partial charge is 0.497 e. The second kappa shape index (κ2) is 7.19. The molecule has 0 fully saturated rings. The second-order valence-electron chi connectivity index (χ2n) is 5.10. The summed E-state index contributed by atoms with van der Waals surface area (Å²) in [5.74, 6) is -1.58. The molecular formula is C17H17F2NO3. The predicted molar refractivity (Wildman–Crippen MR) is 82.4 cm³/mol. The lowest BCUT2D eigenvalue weighted by atomic mass is 10.0. The summed E-state index contributed by atoms with van der Waals surface area (Å²) < 4.78 is 33.0. The molecule has 4 nitrogen and oxygen atoms in total. The molecule has 122 valence electrons. The second-order valence-corrected chi connectivity index (χ2v) is 5.10. The topological polar surface area (TPSA) is 58.6 Å². The molecule has 0 saturated carbocycles. The molecule has 6 heteroatoms. The molecule has 1 atom stereocenters. The molecule has 2 rings (SSSR count). The fraction of sp³-hybridized carbons (Fsp3) is 0.235. The van der Waals surface area contributed by atoms with Crippen molar-refractivity contribution < 1.29 is 23.4 Å². The van der Waals surface area contributed by atoms with Crippen molar-refractivity contribution in [2.45, 2.75) is 13.0 Å². The Bertz CT molecular complexity index is 717. The van der Waals surface area contributed by atoms with Gasteiger partial charge < -0.3 is 15.2 Å². The van der Waals surface area contributed by atoms with E-state index in [0.717, 1.165) is 6.07 Å². The minimum Gasteiger partial charge on any atom is -0.497 e. The van der Waals surface area contributed by atoms with E-state index in [2.05, 4.69) is 5.32 Å². The van der Waals surface area contributed by atoms with Gasteiger partial charge in [-0.25, -0.2) is 8.78 Å². The van der Waals surface area contributed by atoms with Crippen LogP contribution in [0.1, 0.15) is 17.3 Å². The Balaban J connectivity index is 2.27. The summed E-state index contributed by atoms with van der Waals surface area (Å²) in [5.41, 5.74) is 0.360. The standard InChI is InChI=1S/C17H17F2NO3/c1-10(21)9-20-17(22)14-5-3-11(7-15(14)18)13-6-4-12(23-2)8-16(13)19/h3-8,10,21H,9H2,1-2H3,(H,20,22). The zero-order valence-electron chi connectivity index (χ0n) is 12.8. The number of benzene rings is 2. The van der Waals surface area contributed by atoms with Crippen LogP contribution in [0.2, 0.25) is 0 Å². The van der Waals surface area contributed by atoms with E-state index in [0.29, 0.717) is 11.3 Å². The fourth-order valence-electron chi connectivity index (χ4n) is 2.06. The molecule has 2 N–H and O–H groups in total. The van der Waals surface area contributed by atoms with Gasteiger partial charge in [0.15, 0.2) is 0 Å². The molecule has 0 radical (unpaired) electrons. The number of methoxy groups -OCH3 is 1. The van der Waals surface area contributed by atoms with Gasteiger partial charge in [-0.15, -0.1) is 0 Å². The van der Waals surface area contributed by atoms with Gasteiger partial charge in [0.05, 0.1) is 18.8 Å². The van der Waals surface area contributed by atoms with E-state index in [1.54, 1.807) is 6.07 Å². The normalized spacial score (nSPS) is 11.9. The molecule has 0 aromatic heterocycles. The van der Waals surface area contributed by atoms with Crippen LogP contribution in [-0.2, 0) is 0 Å². The Morgan fingerprint density at radius 2 is 1.96 bits per heavy atom. The van der Waals surface area contributed by atoms with Crippen molar-refractivity contribution >= 4 is 5.91 Å². The van der Waals surface area contributed by atoms with Crippen molar-refractivity contribution in [3.63, 3.8) is 0 Å². The van der Waals surface area contributed by atoms with Crippen molar-refractivity contribution in [2.24, 2.45) is 0 Å². The average molecular weight is 321 g/mol. The lowest BCUT2D eigenvalue weighted by Gasteiger charge is -2.10. The molecule has 0 aliphatic rings. The van der Waals surface area contributed by atoms with E-state index in [1.807, 2.05) is 0 Å². The highest BCUT2D eigenvalue weighted by Gasteiger charge is 2.14. The van der Waals surface area contributed by atoms with Crippen molar-refractivity contribution in [3.05, 3.63) is 53.6 Å². The van der Waals surface area contributed by atoms with Crippen LogP contribution in [0.25, 0.3) is 11.1 Å². The number of carbonyl (C=O) groups excluding carboxylic acids is 1. The van der Waals surface area contributed by atoms with Gasteiger partial charge in [-0.2, -0.15) is 0 Å². The predicted octanol–water partition coefficient (Wildman–Crippen LogP) is 2.75. The average Bonchev–Trinajstić information content (AvgIpc) is 2.52. The van der Waals surface area contributed by atoms with Crippen LogP contribution in [-0.4, -0.2) is 30.8 Å². The molecule has 1 amide bonds. The minimum atomic E-state index is -0.763. The highest BCUT2D eigenvalue weighted by atomic mass is 19.1. The first-order chi connectivity index (χ1) is 10.9. The molecule has 1 unspecified atom stereocenters. The van der Waals surface area contributed by atoms with Gasteiger partial charge in [0.25, 0.3) is 5.91 Å². The maximum Gasteiger partial charge on any atom is 0.254 e. The summed E-state index contributed by atoms with van der Waals surface area (Å²) in [6, 6.07) is 8.10. The zero-order chi connectivity index (χ0) is 17.0. The number of carbonyl (C=O) groups is 1. The summed E-state index contributed by atoms with van der Waals surface area (Å²) in [7, 11) is 1.43. The maximum atomic E-state index is 14.1. The number of aliphatic hydroxyl groups is 1. The van der Waals surface area contributed by atoms with E-state index in [1.165, 1.54) is 38.3 Å². The van der Waals surface area contributed by atoms with Gasteiger partial charge in [-0.3, -0.25) is 4.79 Å². The number of ether oxygens (including phenoxy) is 1. The summed E-state index contributed by atoms with van der Waals surface area (Å²) in [6.45, 7) is 1.53. The smallest absolute Gasteiger partial charge is 0.254 e. The third-order valence-electron chi connectivity index (χ3n) is 3.26. The highest BCUT2D eigenvalue weighted by Crippen LogP contribution is 2.27. The molecule has 0 saturated heterocycles. The van der Waals surface area contributed by atoms with Gasteiger partial charge in [-0.1, -0.05) is 6.07 Å². The molecule has 2 aromatic carbocycles. The maximum absolute atomic E-state index is 14.1. The molecule has 0 heterocycles. The van der Waals surface area contributed by atoms with Gasteiger partial charge in [0.2, 0.25) is 0 Å². The number of aliphatic hydroxyl groups excluding tert-OH is 1. The number of nitrogens with one attached hydrogen (secondary N) is 1. The fourth-order valence-corrected chi connectivity index (χ4v) is 2.06. The molecule has 0 bridgehead atoms. The van der Waals surface area contributed by atoms with Crippen LogP contribution in [0.3, 0.4) is 0 Å². The van der Waals surface area contributed by atoms with Crippen molar-refractivity contribution in [3.8, 4) is 16.9 Å². The van der Waals surface area contributed by atoms with Crippen LogP contribution in [0, 0.1) is 11.6 Å². The molecule has 0 spiro atoms. The molecule has 2 aromatic rings. The van der Waals surface area contributed by atoms with E-state index in [9.17, 15) is 13.6 Å². The van der Waals surface area contributed by atoms with Crippen LogP contribution in [0.4, 0.5) is 8.78 Å². The number of hydrogen-bond acceptors (Lipinski definition) is 3. The van der Waals surface area contributed by atoms with Crippen molar-refractivity contribution in [2.75, 3.05) is 13.7 Å². The quantitative estimate of drug-likeness (QED) is 0.890. The molecular weight excluding hydrogens is 304 g/mol. The third-order valence-corrected chi connectivity index (χ3v) is 3.26. The molecule has 0 aliphatic carbocycles. The Morgan fingerprint density at radius 1 is 1.22 bits per heavy atom. The Hall–Kier alpha value is -2.47. The van der Waals surface area contributed by atoms with Crippen LogP contribution >= 0.6 is 0 Å². The van der Waals surface area contributed by atoms with Crippen LogP contribution in [0.5, 0.6) is 5.75 Å². The van der Waals surface area contributed by atoms with Crippen LogP contribution < -0.4 is 10.1 Å². The summed E-state index contributed by atoms with van der Waals surface area (Å²) in [5, 5.41) is 11.5. The number of hydrogen-bond donors (Lipinski definition) is 2.